The average Bonchev–Trinajstić information content (AvgIpc) is 3.35. The summed E-state index contributed by atoms with van der Waals surface area (Å²) in [6.45, 7) is 5.09. The Morgan fingerprint density at radius 2 is 1.70 bits per heavy atom. The second kappa shape index (κ2) is 6.25. The number of piperidine rings is 3. The molecule has 3 atom stereocenters. The van der Waals surface area contributed by atoms with E-state index in [1.807, 2.05) is 0 Å². The molecule has 4 heteroatoms. The van der Waals surface area contributed by atoms with E-state index in [-0.39, 0.29) is 0 Å². The molecule has 0 amide bonds. The van der Waals surface area contributed by atoms with E-state index in [1.54, 1.807) is 0 Å². The van der Waals surface area contributed by atoms with Crippen molar-refractivity contribution in [3.8, 4) is 11.5 Å². The van der Waals surface area contributed by atoms with Crippen molar-refractivity contribution in [1.29, 1.82) is 0 Å². The van der Waals surface area contributed by atoms with Gasteiger partial charge in [-0.25, -0.2) is 0 Å². The van der Waals surface area contributed by atoms with Crippen molar-refractivity contribution in [2.45, 2.75) is 37.4 Å². The van der Waals surface area contributed by atoms with Crippen LogP contribution < -0.4 is 9.47 Å². The zero-order valence-electron chi connectivity index (χ0n) is 15.6. The van der Waals surface area contributed by atoms with E-state index in [9.17, 15) is 0 Å². The van der Waals surface area contributed by atoms with Gasteiger partial charge in [-0.2, -0.15) is 0 Å². The van der Waals surface area contributed by atoms with E-state index in [0.29, 0.717) is 24.8 Å². The Hall–Kier alpha value is -2.04. The minimum Gasteiger partial charge on any atom is -0.454 e. The maximum absolute atomic E-state index is 5.67. The van der Waals surface area contributed by atoms with Crippen LogP contribution in [0.4, 0.5) is 0 Å². The van der Waals surface area contributed by atoms with Gasteiger partial charge in [-0.3, -0.25) is 9.80 Å². The molecule has 2 aromatic carbocycles. The molecular weight excluding hydrogens is 336 g/mol. The highest BCUT2D eigenvalue weighted by Crippen LogP contribution is 2.48. The Morgan fingerprint density at radius 3 is 2.56 bits per heavy atom. The summed E-state index contributed by atoms with van der Waals surface area (Å²) in [6.07, 6.45) is 2.72. The Balaban J connectivity index is 1.35. The Morgan fingerprint density at radius 1 is 0.889 bits per heavy atom. The number of hydrogen-bond donors (Lipinski definition) is 0. The minimum absolute atomic E-state index is 0.351. The van der Waals surface area contributed by atoms with Crippen LogP contribution in [-0.4, -0.2) is 48.3 Å². The summed E-state index contributed by atoms with van der Waals surface area (Å²) >= 11 is 0. The first-order valence-electron chi connectivity index (χ1n) is 10.3. The lowest BCUT2D eigenvalue weighted by atomic mass is 9.75. The fourth-order valence-corrected chi connectivity index (χ4v) is 5.98. The summed E-state index contributed by atoms with van der Waals surface area (Å²) in [5.74, 6) is 3.21. The molecule has 0 N–H and O–H groups in total. The van der Waals surface area contributed by atoms with Gasteiger partial charge in [0.05, 0.1) is 0 Å². The van der Waals surface area contributed by atoms with Crippen LogP contribution in [0.2, 0.25) is 0 Å². The first kappa shape index (κ1) is 16.0. The maximum atomic E-state index is 5.67. The number of nitrogens with zero attached hydrogens (tertiary/aromatic N) is 2. The summed E-state index contributed by atoms with van der Waals surface area (Å²) in [5.41, 5.74) is 2.84. The van der Waals surface area contributed by atoms with Gasteiger partial charge in [0.25, 0.3) is 0 Å². The molecule has 2 bridgehead atoms. The summed E-state index contributed by atoms with van der Waals surface area (Å²) < 4.78 is 11.2. The Kier molecular flexibility index (Phi) is 3.69. The van der Waals surface area contributed by atoms with Crippen LogP contribution >= 0.6 is 0 Å². The van der Waals surface area contributed by atoms with Crippen molar-refractivity contribution in [1.82, 2.24) is 9.80 Å². The monoisotopic (exact) mass is 362 g/mol. The highest BCUT2D eigenvalue weighted by molar-refractivity contribution is 5.46. The summed E-state index contributed by atoms with van der Waals surface area (Å²) in [6, 6.07) is 18.9. The first-order chi connectivity index (χ1) is 13.4. The molecule has 0 unspecified atom stereocenters. The largest absolute Gasteiger partial charge is 0.454 e. The third-order valence-electron chi connectivity index (χ3n) is 7.15. The quantitative estimate of drug-likeness (QED) is 0.835. The van der Waals surface area contributed by atoms with Crippen LogP contribution in [0.3, 0.4) is 0 Å². The van der Waals surface area contributed by atoms with Crippen LogP contribution in [0.5, 0.6) is 11.5 Å². The maximum Gasteiger partial charge on any atom is 0.231 e. The molecular formula is C23H26N2O2. The molecule has 0 aromatic heterocycles. The smallest absolute Gasteiger partial charge is 0.231 e. The molecule has 5 aliphatic rings. The minimum atomic E-state index is 0.351. The average molecular weight is 362 g/mol. The van der Waals surface area contributed by atoms with Crippen molar-refractivity contribution in [3.63, 3.8) is 0 Å². The van der Waals surface area contributed by atoms with Gasteiger partial charge < -0.3 is 9.47 Å². The summed E-state index contributed by atoms with van der Waals surface area (Å²) in [4.78, 5) is 5.54. The van der Waals surface area contributed by atoms with Gasteiger partial charge in [0.15, 0.2) is 11.5 Å². The van der Waals surface area contributed by atoms with E-state index in [4.69, 9.17) is 9.47 Å². The van der Waals surface area contributed by atoms with Gasteiger partial charge in [0, 0.05) is 31.1 Å². The number of likely N-dealkylation sites (tertiary alicyclic amines) is 1. The summed E-state index contributed by atoms with van der Waals surface area (Å²) in [5, 5.41) is 0. The molecule has 27 heavy (non-hydrogen) atoms. The molecule has 4 fully saturated rings. The lowest BCUT2D eigenvalue weighted by molar-refractivity contribution is -0.00869. The highest BCUT2D eigenvalue weighted by atomic mass is 16.7. The van der Waals surface area contributed by atoms with Crippen molar-refractivity contribution in [2.75, 3.05) is 26.4 Å². The first-order valence-corrected chi connectivity index (χ1v) is 10.3. The fourth-order valence-electron chi connectivity index (χ4n) is 5.98. The molecule has 0 saturated carbocycles. The topological polar surface area (TPSA) is 24.9 Å². The molecule has 140 valence electrons. The molecule has 5 heterocycles. The number of benzene rings is 2. The molecule has 7 rings (SSSR count). The predicted molar refractivity (Wildman–Crippen MR) is 104 cm³/mol. The van der Waals surface area contributed by atoms with Gasteiger partial charge in [0.2, 0.25) is 6.79 Å². The van der Waals surface area contributed by atoms with E-state index in [1.165, 1.54) is 37.1 Å². The molecule has 4 saturated heterocycles. The van der Waals surface area contributed by atoms with Crippen molar-refractivity contribution < 1.29 is 9.47 Å². The van der Waals surface area contributed by atoms with Crippen LogP contribution in [-0.2, 0) is 6.54 Å². The SMILES string of the molecule is c1ccc(CN2C[C@@H](c3ccc4c(c3)OCO4)[C@@H]3[C@H]2C2CCN3CC2)cc1. The molecule has 5 aliphatic heterocycles. The Labute approximate surface area is 160 Å². The van der Waals surface area contributed by atoms with Gasteiger partial charge in [-0.05, 0) is 55.1 Å². The second-order valence-corrected chi connectivity index (χ2v) is 8.49. The normalized spacial score (nSPS) is 34.0. The number of rotatable bonds is 3. The predicted octanol–water partition coefficient (Wildman–Crippen LogP) is 3.48. The van der Waals surface area contributed by atoms with Crippen LogP contribution in [0.1, 0.15) is 29.9 Å². The molecule has 0 radical (unpaired) electrons. The second-order valence-electron chi connectivity index (χ2n) is 8.49. The highest BCUT2D eigenvalue weighted by Gasteiger charge is 2.53. The zero-order valence-corrected chi connectivity index (χ0v) is 15.6. The Bertz CT molecular complexity index is 832. The van der Waals surface area contributed by atoms with E-state index >= 15 is 0 Å². The number of hydrogen-bond acceptors (Lipinski definition) is 4. The van der Waals surface area contributed by atoms with E-state index in [2.05, 4.69) is 58.3 Å². The third kappa shape index (κ3) is 2.58. The van der Waals surface area contributed by atoms with Gasteiger partial charge >= 0.3 is 0 Å². The number of ether oxygens (including phenoxy) is 2. The summed E-state index contributed by atoms with van der Waals surface area (Å²) in [7, 11) is 0. The number of fused-ring (bicyclic) bond motifs is 3. The van der Waals surface area contributed by atoms with Crippen LogP contribution in [0.25, 0.3) is 0 Å². The zero-order chi connectivity index (χ0) is 17.8. The van der Waals surface area contributed by atoms with Gasteiger partial charge in [-0.1, -0.05) is 36.4 Å². The molecule has 0 spiro atoms. The third-order valence-corrected chi connectivity index (χ3v) is 7.15. The van der Waals surface area contributed by atoms with Gasteiger partial charge in [0.1, 0.15) is 0 Å². The van der Waals surface area contributed by atoms with Gasteiger partial charge in [-0.15, -0.1) is 0 Å². The van der Waals surface area contributed by atoms with E-state index < -0.39 is 0 Å². The lowest BCUT2D eigenvalue weighted by Gasteiger charge is -2.51. The van der Waals surface area contributed by atoms with E-state index in [0.717, 1.165) is 30.5 Å². The van der Waals surface area contributed by atoms with Crippen LogP contribution in [0.15, 0.2) is 48.5 Å². The van der Waals surface area contributed by atoms with Crippen molar-refractivity contribution in [3.05, 3.63) is 59.7 Å². The van der Waals surface area contributed by atoms with Crippen LogP contribution in [0, 0.1) is 5.92 Å². The molecule has 2 aromatic rings. The van der Waals surface area contributed by atoms with Crippen molar-refractivity contribution >= 4 is 0 Å². The molecule has 0 aliphatic carbocycles. The lowest BCUT2D eigenvalue weighted by Crippen LogP contribution is -2.59. The molecule has 4 nitrogen and oxygen atoms in total. The fraction of sp³-hybridized carbons (Fsp3) is 0.478. The van der Waals surface area contributed by atoms with Crippen molar-refractivity contribution in [2.24, 2.45) is 5.92 Å². The standard InChI is InChI=1S/C23H26N2O2/c1-2-4-16(5-3-1)13-25-14-19(18-6-7-20-21(12-18)27-15-26-20)23-22(25)17-8-10-24(23)11-9-17/h1-7,12,17,19,22-23H,8-11,13-15H2/t19-,22+,23+/m0/s1.